The Morgan fingerprint density at radius 3 is 2.55 bits per heavy atom. The number of rotatable bonds is 6. The molecule has 1 aliphatic heterocycles. The minimum Gasteiger partial charge on any atom is -0.424 e. The monoisotopic (exact) mass is 392 g/mol. The zero-order valence-corrected chi connectivity index (χ0v) is 15.7. The molecule has 2 aromatic heterocycles. The molecule has 148 valence electrons. The lowest BCUT2D eigenvalue weighted by atomic mass is 10.2. The van der Waals surface area contributed by atoms with Crippen LogP contribution in [0.5, 0.6) is 11.8 Å². The summed E-state index contributed by atoms with van der Waals surface area (Å²) >= 11 is 0. The van der Waals surface area contributed by atoms with Crippen molar-refractivity contribution in [1.82, 2.24) is 25.3 Å². The Bertz CT molecular complexity index is 946. The summed E-state index contributed by atoms with van der Waals surface area (Å²) in [5.41, 5.74) is 0.510. The molecule has 4 rings (SSSR count). The average molecular weight is 392 g/mol. The molecule has 1 N–H and O–H groups in total. The molecule has 0 atom stereocenters. The van der Waals surface area contributed by atoms with Crippen LogP contribution in [-0.2, 0) is 11.3 Å². The first kappa shape index (κ1) is 18.8. The first-order chi connectivity index (χ1) is 14.3. The van der Waals surface area contributed by atoms with Gasteiger partial charge in [0.05, 0.1) is 19.8 Å². The van der Waals surface area contributed by atoms with Crippen molar-refractivity contribution in [1.29, 1.82) is 0 Å². The summed E-state index contributed by atoms with van der Waals surface area (Å²) in [6.45, 7) is 3.21. The number of carbonyl (C=O) groups excluding carboxylic acids is 1. The molecule has 0 aliphatic carbocycles. The van der Waals surface area contributed by atoms with Gasteiger partial charge in [0.15, 0.2) is 0 Å². The van der Waals surface area contributed by atoms with Gasteiger partial charge in [-0.3, -0.25) is 4.79 Å². The fraction of sp³-hybridized carbons (Fsp3) is 0.250. The van der Waals surface area contributed by atoms with E-state index in [4.69, 9.17) is 9.47 Å². The third-order valence-corrected chi connectivity index (χ3v) is 4.30. The first-order valence-corrected chi connectivity index (χ1v) is 9.26. The van der Waals surface area contributed by atoms with Gasteiger partial charge in [-0.25, -0.2) is 19.9 Å². The van der Waals surface area contributed by atoms with E-state index in [0.29, 0.717) is 30.4 Å². The average Bonchev–Trinajstić information content (AvgIpc) is 2.79. The van der Waals surface area contributed by atoms with Crippen LogP contribution in [0.3, 0.4) is 0 Å². The molecule has 0 bridgehead atoms. The number of ether oxygens (including phenoxy) is 2. The lowest BCUT2D eigenvalue weighted by Gasteiger charge is -2.27. The number of hydrogen-bond donors (Lipinski definition) is 1. The molecular formula is C20H20N6O3. The van der Waals surface area contributed by atoms with Gasteiger partial charge < -0.3 is 19.7 Å². The molecular weight excluding hydrogens is 372 g/mol. The molecule has 1 aromatic carbocycles. The van der Waals surface area contributed by atoms with E-state index < -0.39 is 0 Å². The van der Waals surface area contributed by atoms with Crippen LogP contribution in [0, 0.1) is 0 Å². The second-order valence-electron chi connectivity index (χ2n) is 6.27. The van der Waals surface area contributed by atoms with Gasteiger partial charge in [0, 0.05) is 37.2 Å². The minimum absolute atomic E-state index is 0.215. The Morgan fingerprint density at radius 2 is 1.79 bits per heavy atom. The van der Waals surface area contributed by atoms with E-state index >= 15 is 0 Å². The second kappa shape index (κ2) is 9.07. The van der Waals surface area contributed by atoms with Gasteiger partial charge >= 0.3 is 6.01 Å². The number of anilines is 1. The largest absolute Gasteiger partial charge is 0.424 e. The Hall–Kier alpha value is -3.59. The highest BCUT2D eigenvalue weighted by Gasteiger charge is 2.13. The number of carbonyl (C=O) groups is 1. The topological polar surface area (TPSA) is 102 Å². The van der Waals surface area contributed by atoms with Crippen molar-refractivity contribution in [2.75, 3.05) is 31.2 Å². The van der Waals surface area contributed by atoms with E-state index in [1.165, 1.54) is 0 Å². The van der Waals surface area contributed by atoms with Gasteiger partial charge in [-0.1, -0.05) is 0 Å². The van der Waals surface area contributed by atoms with Gasteiger partial charge in [0.1, 0.15) is 17.4 Å². The molecule has 0 radical (unpaired) electrons. The number of morpholine rings is 1. The Kier molecular flexibility index (Phi) is 5.87. The lowest BCUT2D eigenvalue weighted by Crippen LogP contribution is -2.37. The molecule has 3 heterocycles. The highest BCUT2D eigenvalue weighted by atomic mass is 16.5. The van der Waals surface area contributed by atoms with Gasteiger partial charge in [-0.15, -0.1) is 0 Å². The van der Waals surface area contributed by atoms with Crippen LogP contribution in [0.1, 0.15) is 16.2 Å². The van der Waals surface area contributed by atoms with Crippen molar-refractivity contribution in [3.05, 3.63) is 66.4 Å². The van der Waals surface area contributed by atoms with Gasteiger partial charge in [0.2, 0.25) is 0 Å². The molecule has 9 heteroatoms. The summed E-state index contributed by atoms with van der Waals surface area (Å²) < 4.78 is 10.9. The highest BCUT2D eigenvalue weighted by Crippen LogP contribution is 2.17. The lowest BCUT2D eigenvalue weighted by molar-refractivity contribution is 0.0950. The third-order valence-electron chi connectivity index (χ3n) is 4.30. The Labute approximate surface area is 167 Å². The molecule has 1 amide bonds. The number of hydrogen-bond acceptors (Lipinski definition) is 8. The van der Waals surface area contributed by atoms with E-state index in [2.05, 4.69) is 30.2 Å². The van der Waals surface area contributed by atoms with Crippen molar-refractivity contribution in [3.63, 3.8) is 0 Å². The maximum absolute atomic E-state index is 12.4. The number of nitrogens with one attached hydrogen (secondary N) is 1. The van der Waals surface area contributed by atoms with E-state index in [-0.39, 0.29) is 18.5 Å². The Balaban J connectivity index is 1.33. The molecule has 1 aliphatic rings. The normalized spacial score (nSPS) is 13.7. The van der Waals surface area contributed by atoms with Crippen molar-refractivity contribution in [2.24, 2.45) is 0 Å². The van der Waals surface area contributed by atoms with Gasteiger partial charge in [-0.05, 0) is 36.4 Å². The maximum atomic E-state index is 12.4. The maximum Gasteiger partial charge on any atom is 0.321 e. The minimum atomic E-state index is -0.215. The van der Waals surface area contributed by atoms with Crippen LogP contribution in [-0.4, -0.2) is 52.1 Å². The predicted molar refractivity (Wildman–Crippen MR) is 105 cm³/mol. The molecule has 29 heavy (non-hydrogen) atoms. The Morgan fingerprint density at radius 1 is 1.03 bits per heavy atom. The highest BCUT2D eigenvalue weighted by molar-refractivity contribution is 5.94. The van der Waals surface area contributed by atoms with Crippen molar-refractivity contribution in [3.8, 4) is 11.8 Å². The molecule has 0 spiro atoms. The fourth-order valence-electron chi connectivity index (χ4n) is 2.82. The molecule has 1 saturated heterocycles. The summed E-state index contributed by atoms with van der Waals surface area (Å²) in [5.74, 6) is 1.74. The van der Waals surface area contributed by atoms with E-state index in [1.54, 1.807) is 48.9 Å². The van der Waals surface area contributed by atoms with Crippen LogP contribution < -0.4 is 15.0 Å². The summed E-state index contributed by atoms with van der Waals surface area (Å²) in [6.07, 6.45) is 4.90. The molecule has 0 saturated carbocycles. The van der Waals surface area contributed by atoms with E-state index in [1.807, 2.05) is 6.07 Å². The summed E-state index contributed by atoms with van der Waals surface area (Å²) in [5, 5.41) is 2.84. The smallest absolute Gasteiger partial charge is 0.321 e. The quantitative estimate of drug-likeness (QED) is 0.678. The molecule has 1 fully saturated rings. The fourth-order valence-corrected chi connectivity index (χ4v) is 2.82. The summed E-state index contributed by atoms with van der Waals surface area (Å²) in [6, 6.07) is 10.6. The van der Waals surface area contributed by atoms with E-state index in [0.717, 1.165) is 18.9 Å². The molecule has 0 unspecified atom stereocenters. The third kappa shape index (κ3) is 5.02. The van der Waals surface area contributed by atoms with Crippen molar-refractivity contribution in [2.45, 2.75) is 6.54 Å². The number of nitrogens with zero attached hydrogens (tertiary/aromatic N) is 5. The number of amides is 1. The zero-order valence-electron chi connectivity index (χ0n) is 15.7. The second-order valence-corrected chi connectivity index (χ2v) is 6.27. The predicted octanol–water partition coefficient (Wildman–Crippen LogP) is 1.83. The number of aromatic nitrogens is 4. The molecule has 9 nitrogen and oxygen atoms in total. The number of benzene rings is 1. The van der Waals surface area contributed by atoms with Crippen molar-refractivity contribution >= 4 is 11.7 Å². The standard InChI is InChI=1S/C20H20N6O3/c27-19(15-2-4-16(5-3-15)29-20-22-7-1-8-23-20)24-14-17-21-9-6-18(25-17)26-10-12-28-13-11-26/h1-9H,10-14H2,(H,24,27). The summed E-state index contributed by atoms with van der Waals surface area (Å²) in [4.78, 5) is 31.3. The zero-order chi connectivity index (χ0) is 19.9. The van der Waals surface area contributed by atoms with Gasteiger partial charge in [0.25, 0.3) is 5.91 Å². The van der Waals surface area contributed by atoms with Gasteiger partial charge in [-0.2, -0.15) is 0 Å². The van der Waals surface area contributed by atoms with E-state index in [9.17, 15) is 4.79 Å². The van der Waals surface area contributed by atoms with Crippen LogP contribution in [0.25, 0.3) is 0 Å². The van der Waals surface area contributed by atoms with Crippen LogP contribution >= 0.6 is 0 Å². The molecule has 3 aromatic rings. The summed E-state index contributed by atoms with van der Waals surface area (Å²) in [7, 11) is 0. The van der Waals surface area contributed by atoms with Crippen LogP contribution in [0.2, 0.25) is 0 Å². The SMILES string of the molecule is O=C(NCc1nccc(N2CCOCC2)n1)c1ccc(Oc2ncccn2)cc1. The van der Waals surface area contributed by atoms with Crippen LogP contribution in [0.4, 0.5) is 5.82 Å². The van der Waals surface area contributed by atoms with Crippen molar-refractivity contribution < 1.29 is 14.3 Å². The first-order valence-electron chi connectivity index (χ1n) is 9.26. The van der Waals surface area contributed by atoms with Crippen LogP contribution in [0.15, 0.2) is 55.0 Å².